The summed E-state index contributed by atoms with van der Waals surface area (Å²) in [6, 6.07) is 10.9. The molecule has 0 radical (unpaired) electrons. The summed E-state index contributed by atoms with van der Waals surface area (Å²) in [6.45, 7) is 6.51. The number of carbonyl (C=O) groups is 1. The summed E-state index contributed by atoms with van der Waals surface area (Å²) in [6.07, 6.45) is 0. The Balaban J connectivity index is 1.88. The number of amides is 1. The molecule has 0 saturated heterocycles. The van der Waals surface area contributed by atoms with Crippen molar-refractivity contribution >= 4 is 28.5 Å². The van der Waals surface area contributed by atoms with Crippen molar-refractivity contribution in [2.75, 3.05) is 13.1 Å². The smallest absolute Gasteiger partial charge is 0.280 e. The first kappa shape index (κ1) is 23.1. The van der Waals surface area contributed by atoms with Gasteiger partial charge in [0.2, 0.25) is 0 Å². The van der Waals surface area contributed by atoms with Crippen molar-refractivity contribution in [1.82, 2.24) is 9.80 Å². The van der Waals surface area contributed by atoms with E-state index in [1.165, 1.54) is 6.07 Å². The Hall–Kier alpha value is -4.04. The Morgan fingerprint density at radius 1 is 1.32 bits per heavy atom. The summed E-state index contributed by atoms with van der Waals surface area (Å²) >= 11 is 1.13. The van der Waals surface area contributed by atoms with Crippen molar-refractivity contribution < 1.29 is 14.1 Å². The van der Waals surface area contributed by atoms with Crippen molar-refractivity contribution in [1.29, 1.82) is 5.26 Å². The number of rotatable bonds is 6. The topological polar surface area (TPSA) is 142 Å². The standard InChI is InChI=1S/C23H22N6O4S/c1-4-27(5-2)22(30)19-13(3)26-23-28(21(25)18(12-24)34-23)20(19)17-11-10-16(33-17)14-8-6-7-9-15(14)29(31)32/h6-11,20H,4-5,25H2,1-3H3/t20-/m1/s1. The van der Waals surface area contributed by atoms with Gasteiger partial charge in [-0.3, -0.25) is 19.8 Å². The minimum Gasteiger partial charge on any atom is -0.458 e. The van der Waals surface area contributed by atoms with E-state index in [9.17, 15) is 20.2 Å². The summed E-state index contributed by atoms with van der Waals surface area (Å²) in [5, 5.41) is 21.5. The van der Waals surface area contributed by atoms with Crippen LogP contribution in [-0.2, 0) is 4.79 Å². The van der Waals surface area contributed by atoms with Crippen LogP contribution in [0, 0.1) is 21.4 Å². The predicted octanol–water partition coefficient (Wildman–Crippen LogP) is 4.11. The van der Waals surface area contributed by atoms with Crippen molar-refractivity contribution in [3.63, 3.8) is 0 Å². The molecule has 34 heavy (non-hydrogen) atoms. The van der Waals surface area contributed by atoms with Gasteiger partial charge < -0.3 is 15.1 Å². The third-order valence-corrected chi connectivity index (χ3v) is 6.70. The third kappa shape index (κ3) is 3.72. The molecule has 2 aliphatic rings. The molecule has 2 N–H and O–H groups in total. The van der Waals surface area contributed by atoms with Crippen LogP contribution in [0.15, 0.2) is 67.8 Å². The molecule has 1 atom stereocenters. The van der Waals surface area contributed by atoms with Gasteiger partial charge in [0.1, 0.15) is 34.4 Å². The number of nitriles is 1. The molecule has 174 valence electrons. The van der Waals surface area contributed by atoms with E-state index in [0.717, 1.165) is 11.8 Å². The number of allylic oxidation sites excluding steroid dienone is 2. The highest BCUT2D eigenvalue weighted by Crippen LogP contribution is 2.46. The lowest BCUT2D eigenvalue weighted by atomic mass is 9.98. The lowest BCUT2D eigenvalue weighted by Crippen LogP contribution is -2.42. The number of nitro benzene ring substituents is 1. The monoisotopic (exact) mass is 478 g/mol. The van der Waals surface area contributed by atoms with E-state index >= 15 is 0 Å². The number of carbonyl (C=O) groups excluding carboxylic acids is 1. The molecule has 11 heteroatoms. The Bertz CT molecular complexity index is 1310. The summed E-state index contributed by atoms with van der Waals surface area (Å²) in [5.41, 5.74) is 7.40. The van der Waals surface area contributed by atoms with Gasteiger partial charge in [0.05, 0.1) is 21.8 Å². The number of nitro groups is 1. The van der Waals surface area contributed by atoms with Gasteiger partial charge in [-0.05, 0) is 50.7 Å². The van der Waals surface area contributed by atoms with Crippen LogP contribution in [0.4, 0.5) is 5.69 Å². The van der Waals surface area contributed by atoms with Crippen LogP contribution < -0.4 is 5.73 Å². The lowest BCUT2D eigenvalue weighted by molar-refractivity contribution is -0.384. The van der Waals surface area contributed by atoms with Crippen molar-refractivity contribution in [3.8, 4) is 17.4 Å². The number of amidine groups is 1. The van der Waals surface area contributed by atoms with E-state index in [4.69, 9.17) is 10.2 Å². The van der Waals surface area contributed by atoms with Gasteiger partial charge in [-0.2, -0.15) is 5.26 Å². The number of para-hydroxylation sites is 1. The zero-order valence-electron chi connectivity index (χ0n) is 18.8. The van der Waals surface area contributed by atoms with Gasteiger partial charge in [0.25, 0.3) is 11.6 Å². The minimum absolute atomic E-state index is 0.0941. The van der Waals surface area contributed by atoms with E-state index < -0.39 is 11.0 Å². The zero-order chi connectivity index (χ0) is 24.6. The second-order valence-electron chi connectivity index (χ2n) is 7.55. The van der Waals surface area contributed by atoms with E-state index in [2.05, 4.69) is 11.1 Å². The Kier molecular flexibility index (Phi) is 6.17. The largest absolute Gasteiger partial charge is 0.458 e. The van der Waals surface area contributed by atoms with Crippen LogP contribution in [-0.4, -0.2) is 38.9 Å². The maximum absolute atomic E-state index is 13.5. The molecule has 2 aromatic rings. The van der Waals surface area contributed by atoms with Gasteiger partial charge >= 0.3 is 0 Å². The molecule has 1 aromatic carbocycles. The number of nitrogens with zero attached hydrogens (tertiary/aromatic N) is 5. The average Bonchev–Trinajstić information content (AvgIpc) is 3.43. The summed E-state index contributed by atoms with van der Waals surface area (Å²) in [4.78, 5) is 32.7. The van der Waals surface area contributed by atoms with Crippen molar-refractivity contribution in [2.45, 2.75) is 26.8 Å². The third-order valence-electron chi connectivity index (χ3n) is 5.72. The first-order chi connectivity index (χ1) is 16.3. The molecule has 0 fully saturated rings. The number of fused-ring (bicyclic) bond motifs is 1. The quantitative estimate of drug-likeness (QED) is 0.483. The molecule has 2 aliphatic heterocycles. The summed E-state index contributed by atoms with van der Waals surface area (Å²) in [7, 11) is 0. The lowest BCUT2D eigenvalue weighted by Gasteiger charge is -2.35. The van der Waals surface area contributed by atoms with Crippen LogP contribution in [0.2, 0.25) is 0 Å². The molecule has 1 amide bonds. The number of benzene rings is 1. The van der Waals surface area contributed by atoms with Crippen LogP contribution in [0.3, 0.4) is 0 Å². The van der Waals surface area contributed by atoms with Crippen LogP contribution >= 0.6 is 11.8 Å². The molecule has 3 heterocycles. The van der Waals surface area contributed by atoms with E-state index in [-0.39, 0.29) is 28.1 Å². The van der Waals surface area contributed by atoms with Crippen LogP contribution in [0.5, 0.6) is 0 Å². The molecular formula is C23H22N6O4S. The second-order valence-corrected chi connectivity index (χ2v) is 8.53. The number of furan rings is 1. The van der Waals surface area contributed by atoms with Gasteiger partial charge in [0, 0.05) is 19.2 Å². The normalized spacial score (nSPS) is 17.4. The first-order valence-corrected chi connectivity index (χ1v) is 11.4. The average molecular weight is 479 g/mol. The first-order valence-electron chi connectivity index (χ1n) is 10.6. The molecule has 0 saturated carbocycles. The van der Waals surface area contributed by atoms with E-state index in [1.54, 1.807) is 47.1 Å². The molecule has 0 bridgehead atoms. The van der Waals surface area contributed by atoms with Gasteiger partial charge in [-0.15, -0.1) is 0 Å². The maximum Gasteiger partial charge on any atom is 0.280 e. The molecular weight excluding hydrogens is 456 g/mol. The Morgan fingerprint density at radius 3 is 2.68 bits per heavy atom. The number of hydrogen-bond donors (Lipinski definition) is 1. The maximum atomic E-state index is 13.5. The number of aliphatic imine (C=N–C) groups is 1. The number of thioether (sulfide) groups is 1. The Morgan fingerprint density at radius 2 is 2.03 bits per heavy atom. The van der Waals surface area contributed by atoms with Gasteiger partial charge in [-0.25, -0.2) is 4.99 Å². The van der Waals surface area contributed by atoms with Crippen molar-refractivity contribution in [2.24, 2.45) is 10.7 Å². The fourth-order valence-electron chi connectivity index (χ4n) is 4.05. The number of likely N-dealkylation sites (N-methyl/N-ethyl adjacent to an activating group) is 1. The molecule has 4 rings (SSSR count). The predicted molar refractivity (Wildman–Crippen MR) is 128 cm³/mol. The zero-order valence-corrected chi connectivity index (χ0v) is 19.6. The molecule has 10 nitrogen and oxygen atoms in total. The van der Waals surface area contributed by atoms with Crippen LogP contribution in [0.25, 0.3) is 11.3 Å². The van der Waals surface area contributed by atoms with Crippen LogP contribution in [0.1, 0.15) is 32.6 Å². The van der Waals surface area contributed by atoms with Gasteiger partial charge in [0.15, 0.2) is 5.17 Å². The second kappa shape index (κ2) is 9.07. The fourth-order valence-corrected chi connectivity index (χ4v) is 4.97. The highest BCUT2D eigenvalue weighted by molar-refractivity contribution is 8.17. The van der Waals surface area contributed by atoms with E-state index in [1.807, 2.05) is 13.8 Å². The molecule has 0 spiro atoms. The minimum atomic E-state index is -0.782. The summed E-state index contributed by atoms with van der Waals surface area (Å²) in [5.74, 6) is 0.603. The highest BCUT2D eigenvalue weighted by Gasteiger charge is 2.44. The molecule has 1 aromatic heterocycles. The number of nitrogens with two attached hydrogens (primary N) is 1. The van der Waals surface area contributed by atoms with Gasteiger partial charge in [-0.1, -0.05) is 12.1 Å². The SMILES string of the molecule is CCN(CC)C(=O)C1=C(C)N=C2SC(C#N)=C(N)N2[C@@H]1c1ccc(-c2ccccc2[N+](=O)[O-])o1. The molecule has 0 aliphatic carbocycles. The molecule has 0 unspecified atom stereocenters. The van der Waals surface area contributed by atoms with E-state index in [0.29, 0.717) is 40.9 Å². The summed E-state index contributed by atoms with van der Waals surface area (Å²) < 4.78 is 6.12. The number of hydrogen-bond acceptors (Lipinski definition) is 9. The fraction of sp³-hybridized carbons (Fsp3) is 0.261. The highest BCUT2D eigenvalue weighted by atomic mass is 32.2. The van der Waals surface area contributed by atoms with Crippen molar-refractivity contribution in [3.05, 3.63) is 74.3 Å². The Labute approximate surface area is 200 Å².